The highest BCUT2D eigenvalue weighted by Gasteiger charge is 2.36. The van der Waals surface area contributed by atoms with Gasteiger partial charge in [0.15, 0.2) is 5.78 Å². The maximum atomic E-state index is 12.2. The lowest BCUT2D eigenvalue weighted by Crippen LogP contribution is -2.35. The van der Waals surface area contributed by atoms with Crippen molar-refractivity contribution >= 4 is 17.4 Å². The summed E-state index contributed by atoms with van der Waals surface area (Å²) in [6.07, 6.45) is 3.17. The second-order valence-electron chi connectivity index (χ2n) is 5.66. The zero-order chi connectivity index (χ0) is 16.1. The predicted molar refractivity (Wildman–Crippen MR) is 86.4 cm³/mol. The summed E-state index contributed by atoms with van der Waals surface area (Å²) in [4.78, 5) is 24.1. The number of carbonyl (C=O) groups excluding carboxylic acids is 2. The third-order valence-corrected chi connectivity index (χ3v) is 3.91. The third kappa shape index (κ3) is 3.75. The summed E-state index contributed by atoms with van der Waals surface area (Å²) in [5, 5.41) is 3.30. The van der Waals surface area contributed by atoms with Gasteiger partial charge in [0.1, 0.15) is 5.92 Å². The van der Waals surface area contributed by atoms with Crippen LogP contribution in [-0.2, 0) is 20.7 Å². The van der Waals surface area contributed by atoms with Crippen molar-refractivity contribution < 1.29 is 14.3 Å². The Balaban J connectivity index is 2.12. The monoisotopic (exact) mass is 301 g/mol. The standard InChI is InChI=1S/C18H23NO3/c1-4-13-7-6-8-14(10-13)19-15-9-12(3)17(16(20)11-15)18(21)22-5-2/h6-8,10-12,17,19H,4-5,9H2,1-3H3/t12-,17+/m1/s1. The third-order valence-electron chi connectivity index (χ3n) is 3.91. The van der Waals surface area contributed by atoms with Crippen LogP contribution in [0.5, 0.6) is 0 Å². The maximum Gasteiger partial charge on any atom is 0.317 e. The van der Waals surface area contributed by atoms with E-state index >= 15 is 0 Å². The molecule has 0 radical (unpaired) electrons. The Bertz CT molecular complexity index is 592. The van der Waals surface area contributed by atoms with Gasteiger partial charge in [-0.1, -0.05) is 26.0 Å². The van der Waals surface area contributed by atoms with Crippen LogP contribution >= 0.6 is 0 Å². The molecule has 0 heterocycles. The van der Waals surface area contributed by atoms with Gasteiger partial charge in [0.05, 0.1) is 6.61 Å². The molecule has 22 heavy (non-hydrogen) atoms. The first-order valence-corrected chi connectivity index (χ1v) is 7.82. The topological polar surface area (TPSA) is 55.4 Å². The molecule has 0 saturated carbocycles. The average molecular weight is 301 g/mol. The minimum absolute atomic E-state index is 0.0617. The van der Waals surface area contributed by atoms with E-state index in [0.717, 1.165) is 17.8 Å². The Hall–Kier alpha value is -2.10. The fourth-order valence-electron chi connectivity index (χ4n) is 2.79. The highest BCUT2D eigenvalue weighted by molar-refractivity contribution is 6.06. The smallest absolute Gasteiger partial charge is 0.317 e. The van der Waals surface area contributed by atoms with Crippen LogP contribution in [0.15, 0.2) is 36.0 Å². The van der Waals surface area contributed by atoms with Crippen molar-refractivity contribution in [3.8, 4) is 0 Å². The van der Waals surface area contributed by atoms with E-state index in [4.69, 9.17) is 4.74 Å². The molecule has 2 atom stereocenters. The zero-order valence-electron chi connectivity index (χ0n) is 13.4. The predicted octanol–water partition coefficient (Wildman–Crippen LogP) is 3.33. The van der Waals surface area contributed by atoms with E-state index in [9.17, 15) is 9.59 Å². The van der Waals surface area contributed by atoms with E-state index in [2.05, 4.69) is 24.4 Å². The van der Waals surface area contributed by atoms with Gasteiger partial charge < -0.3 is 10.1 Å². The molecule has 1 aromatic rings. The van der Waals surface area contributed by atoms with Crippen molar-refractivity contribution in [2.24, 2.45) is 11.8 Å². The fourth-order valence-corrected chi connectivity index (χ4v) is 2.79. The lowest BCUT2D eigenvalue weighted by Gasteiger charge is -2.26. The number of aryl methyl sites for hydroxylation is 1. The maximum absolute atomic E-state index is 12.2. The Morgan fingerprint density at radius 2 is 2.14 bits per heavy atom. The first-order chi connectivity index (χ1) is 10.5. The molecule has 0 aliphatic heterocycles. The largest absolute Gasteiger partial charge is 0.465 e. The molecular weight excluding hydrogens is 278 g/mol. The van der Waals surface area contributed by atoms with Crippen LogP contribution in [0.1, 0.15) is 32.8 Å². The number of ether oxygens (including phenoxy) is 1. The van der Waals surface area contributed by atoms with E-state index in [1.54, 1.807) is 13.0 Å². The lowest BCUT2D eigenvalue weighted by molar-refractivity contribution is -0.152. The zero-order valence-corrected chi connectivity index (χ0v) is 13.4. The van der Waals surface area contributed by atoms with Crippen molar-refractivity contribution in [3.05, 3.63) is 41.6 Å². The summed E-state index contributed by atoms with van der Waals surface area (Å²) in [5.41, 5.74) is 3.07. The van der Waals surface area contributed by atoms with Crippen molar-refractivity contribution in [1.82, 2.24) is 0 Å². The van der Waals surface area contributed by atoms with Crippen molar-refractivity contribution in [3.63, 3.8) is 0 Å². The van der Waals surface area contributed by atoms with Crippen LogP contribution in [0.2, 0.25) is 0 Å². The summed E-state index contributed by atoms with van der Waals surface area (Å²) >= 11 is 0. The number of allylic oxidation sites excluding steroid dienone is 2. The van der Waals surface area contributed by atoms with Crippen molar-refractivity contribution in [2.45, 2.75) is 33.6 Å². The normalized spacial score (nSPS) is 21.2. The molecular formula is C18H23NO3. The Morgan fingerprint density at radius 1 is 1.36 bits per heavy atom. The highest BCUT2D eigenvalue weighted by Crippen LogP contribution is 2.29. The number of benzene rings is 1. The molecule has 4 nitrogen and oxygen atoms in total. The number of esters is 1. The minimum atomic E-state index is -0.674. The molecule has 1 N–H and O–H groups in total. The van der Waals surface area contributed by atoms with Crippen LogP contribution in [0, 0.1) is 11.8 Å². The van der Waals surface area contributed by atoms with E-state index in [1.807, 2.05) is 19.1 Å². The molecule has 0 unspecified atom stereocenters. The van der Waals surface area contributed by atoms with Crippen LogP contribution in [-0.4, -0.2) is 18.4 Å². The molecule has 0 aromatic heterocycles. The molecule has 0 bridgehead atoms. The number of ketones is 1. The summed E-state index contributed by atoms with van der Waals surface area (Å²) in [7, 11) is 0. The minimum Gasteiger partial charge on any atom is -0.465 e. The first kappa shape index (κ1) is 16.3. The first-order valence-electron chi connectivity index (χ1n) is 7.82. The van der Waals surface area contributed by atoms with Crippen LogP contribution < -0.4 is 5.32 Å². The van der Waals surface area contributed by atoms with E-state index in [-0.39, 0.29) is 11.7 Å². The Kier molecular flexibility index (Phi) is 5.36. The van der Waals surface area contributed by atoms with Crippen molar-refractivity contribution in [1.29, 1.82) is 0 Å². The van der Waals surface area contributed by atoms with Crippen LogP contribution in [0.25, 0.3) is 0 Å². The van der Waals surface area contributed by atoms with Gasteiger partial charge in [0, 0.05) is 17.5 Å². The molecule has 118 valence electrons. The second kappa shape index (κ2) is 7.25. The SMILES string of the molecule is CCOC(=O)[C@@H]1C(=O)C=C(Nc2cccc(CC)c2)C[C@H]1C. The molecule has 4 heteroatoms. The molecule has 0 amide bonds. The molecule has 1 aliphatic rings. The van der Waals surface area contributed by atoms with Gasteiger partial charge in [-0.15, -0.1) is 0 Å². The summed E-state index contributed by atoms with van der Waals surface area (Å²) in [5.74, 6) is -1.32. The number of carbonyl (C=O) groups is 2. The molecule has 1 aliphatic carbocycles. The highest BCUT2D eigenvalue weighted by atomic mass is 16.5. The number of rotatable bonds is 5. The molecule has 0 saturated heterocycles. The molecule has 2 rings (SSSR count). The Morgan fingerprint density at radius 3 is 2.77 bits per heavy atom. The van der Waals surface area contributed by atoms with Gasteiger partial charge in [-0.3, -0.25) is 9.59 Å². The number of nitrogens with one attached hydrogen (secondary N) is 1. The van der Waals surface area contributed by atoms with Gasteiger partial charge >= 0.3 is 5.97 Å². The molecule has 0 fully saturated rings. The summed E-state index contributed by atoms with van der Waals surface area (Å²) in [6, 6.07) is 8.13. The summed E-state index contributed by atoms with van der Waals surface area (Å²) in [6.45, 7) is 6.07. The quantitative estimate of drug-likeness (QED) is 0.669. The van der Waals surface area contributed by atoms with E-state index in [1.165, 1.54) is 5.56 Å². The fraction of sp³-hybridized carbons (Fsp3) is 0.444. The van der Waals surface area contributed by atoms with Gasteiger partial charge in [-0.05, 0) is 43.4 Å². The van der Waals surface area contributed by atoms with E-state index in [0.29, 0.717) is 13.0 Å². The van der Waals surface area contributed by atoms with Gasteiger partial charge in [-0.2, -0.15) is 0 Å². The van der Waals surface area contributed by atoms with Crippen molar-refractivity contribution in [2.75, 3.05) is 11.9 Å². The molecule has 0 spiro atoms. The lowest BCUT2D eigenvalue weighted by atomic mass is 9.82. The average Bonchev–Trinajstić information content (AvgIpc) is 2.47. The van der Waals surface area contributed by atoms with Crippen LogP contribution in [0.4, 0.5) is 5.69 Å². The Labute approximate surface area is 131 Å². The van der Waals surface area contributed by atoms with Gasteiger partial charge in [-0.25, -0.2) is 0 Å². The number of hydrogen-bond acceptors (Lipinski definition) is 4. The number of hydrogen-bond donors (Lipinski definition) is 1. The summed E-state index contributed by atoms with van der Waals surface area (Å²) < 4.78 is 5.00. The van der Waals surface area contributed by atoms with Crippen LogP contribution in [0.3, 0.4) is 0 Å². The van der Waals surface area contributed by atoms with Gasteiger partial charge in [0.25, 0.3) is 0 Å². The molecule has 1 aromatic carbocycles. The van der Waals surface area contributed by atoms with Gasteiger partial charge in [0.2, 0.25) is 0 Å². The number of anilines is 1. The van der Waals surface area contributed by atoms with E-state index < -0.39 is 11.9 Å². The second-order valence-corrected chi connectivity index (χ2v) is 5.66.